The third kappa shape index (κ3) is 5.20. The molecule has 0 atom stereocenters. The van der Waals surface area contributed by atoms with Crippen molar-refractivity contribution >= 4 is 36.0 Å². The van der Waals surface area contributed by atoms with Crippen molar-refractivity contribution in [1.82, 2.24) is 0 Å². The van der Waals surface area contributed by atoms with E-state index in [-0.39, 0.29) is 12.4 Å². The molecule has 25 heavy (non-hydrogen) atoms. The SMILES string of the molecule is CCOC(=O)CC=C=C(c1cccc(Cl)c1)[Si](C)(C)c1ccccc1. The summed E-state index contributed by atoms with van der Waals surface area (Å²) in [6.45, 7) is 6.76. The van der Waals surface area contributed by atoms with Crippen LogP contribution in [0.5, 0.6) is 0 Å². The Morgan fingerprint density at radius 2 is 1.88 bits per heavy atom. The Morgan fingerprint density at radius 1 is 1.16 bits per heavy atom. The van der Waals surface area contributed by atoms with Gasteiger partial charge in [-0.1, -0.05) is 72.3 Å². The highest BCUT2D eigenvalue weighted by atomic mass is 35.5. The first-order valence-corrected chi connectivity index (χ1v) is 11.8. The molecule has 2 aromatic rings. The number of hydrogen-bond donors (Lipinski definition) is 0. The second-order valence-corrected chi connectivity index (χ2v) is 11.0. The number of ether oxygens (including phenoxy) is 1. The zero-order valence-corrected chi connectivity index (χ0v) is 16.6. The lowest BCUT2D eigenvalue weighted by Gasteiger charge is -2.25. The van der Waals surface area contributed by atoms with Crippen molar-refractivity contribution < 1.29 is 9.53 Å². The molecule has 0 aromatic heterocycles. The third-order valence-corrected chi connectivity index (χ3v) is 7.75. The van der Waals surface area contributed by atoms with Crippen molar-refractivity contribution in [2.24, 2.45) is 0 Å². The maximum Gasteiger partial charge on any atom is 0.310 e. The minimum atomic E-state index is -2.00. The Morgan fingerprint density at radius 3 is 2.52 bits per heavy atom. The Balaban J connectivity index is 2.49. The number of esters is 1. The van der Waals surface area contributed by atoms with Crippen molar-refractivity contribution in [3.63, 3.8) is 0 Å². The van der Waals surface area contributed by atoms with Gasteiger partial charge in [0, 0.05) is 5.02 Å². The minimum absolute atomic E-state index is 0.219. The van der Waals surface area contributed by atoms with E-state index in [0.717, 1.165) is 10.8 Å². The smallest absolute Gasteiger partial charge is 0.310 e. The number of benzene rings is 2. The van der Waals surface area contributed by atoms with E-state index in [1.165, 1.54) is 5.19 Å². The largest absolute Gasteiger partial charge is 0.466 e. The standard InChI is InChI=1S/C21H23ClO2Si/c1-4-24-21(23)15-9-14-20(17-10-8-11-18(22)16-17)25(2,3)19-12-6-5-7-13-19/h5-13,16H,4,15H2,1-3H3. The van der Waals surface area contributed by atoms with E-state index in [0.29, 0.717) is 11.6 Å². The molecule has 0 unspecified atom stereocenters. The zero-order chi connectivity index (χ0) is 18.3. The normalized spacial score (nSPS) is 10.7. The van der Waals surface area contributed by atoms with Crippen LogP contribution in [-0.4, -0.2) is 20.7 Å². The minimum Gasteiger partial charge on any atom is -0.466 e. The van der Waals surface area contributed by atoms with E-state index in [2.05, 4.69) is 43.1 Å². The Hall–Kier alpha value is -2.06. The van der Waals surface area contributed by atoms with Crippen LogP contribution in [0.15, 0.2) is 66.4 Å². The molecule has 130 valence electrons. The predicted octanol–water partition coefficient (Wildman–Crippen LogP) is 4.99. The molecular weight excluding hydrogens is 348 g/mol. The lowest BCUT2D eigenvalue weighted by atomic mass is 10.2. The molecule has 0 bridgehead atoms. The van der Waals surface area contributed by atoms with Gasteiger partial charge >= 0.3 is 5.97 Å². The van der Waals surface area contributed by atoms with Crippen molar-refractivity contribution in [3.8, 4) is 0 Å². The molecule has 0 heterocycles. The van der Waals surface area contributed by atoms with Crippen LogP contribution in [0.3, 0.4) is 0 Å². The lowest BCUT2D eigenvalue weighted by Crippen LogP contribution is -2.42. The molecule has 0 amide bonds. The fraction of sp³-hybridized carbons (Fsp3) is 0.238. The van der Waals surface area contributed by atoms with Crippen LogP contribution in [-0.2, 0) is 9.53 Å². The van der Waals surface area contributed by atoms with Gasteiger partial charge in [-0.05, 0) is 35.9 Å². The molecule has 0 spiro atoms. The van der Waals surface area contributed by atoms with E-state index < -0.39 is 8.07 Å². The maximum absolute atomic E-state index is 11.6. The highest BCUT2D eigenvalue weighted by Gasteiger charge is 2.29. The van der Waals surface area contributed by atoms with E-state index in [1.807, 2.05) is 30.3 Å². The first-order chi connectivity index (χ1) is 11.9. The highest BCUT2D eigenvalue weighted by molar-refractivity contribution is 7.04. The summed E-state index contributed by atoms with van der Waals surface area (Å²) in [5.74, 6) is -0.236. The maximum atomic E-state index is 11.6. The molecule has 0 saturated heterocycles. The summed E-state index contributed by atoms with van der Waals surface area (Å²) in [4.78, 5) is 11.6. The Labute approximate surface area is 155 Å². The predicted molar refractivity (Wildman–Crippen MR) is 108 cm³/mol. The van der Waals surface area contributed by atoms with Gasteiger partial charge in [-0.25, -0.2) is 0 Å². The van der Waals surface area contributed by atoms with Crippen LogP contribution < -0.4 is 5.19 Å². The summed E-state index contributed by atoms with van der Waals surface area (Å²) in [5, 5.41) is 3.12. The first kappa shape index (κ1) is 19.3. The molecule has 2 nitrogen and oxygen atoms in total. The van der Waals surface area contributed by atoms with Gasteiger partial charge in [-0.2, -0.15) is 0 Å². The molecule has 2 rings (SSSR count). The first-order valence-electron chi connectivity index (χ1n) is 8.38. The Bertz CT molecular complexity index is 791. The summed E-state index contributed by atoms with van der Waals surface area (Å²) in [5.41, 5.74) is 4.43. The molecule has 2 aromatic carbocycles. The van der Waals surface area contributed by atoms with Crippen LogP contribution >= 0.6 is 11.6 Å². The average Bonchev–Trinajstić information content (AvgIpc) is 2.59. The molecule has 0 fully saturated rings. The summed E-state index contributed by atoms with van der Waals surface area (Å²) in [6.07, 6.45) is 1.99. The fourth-order valence-electron chi connectivity index (χ4n) is 2.72. The fourth-order valence-corrected chi connectivity index (χ4v) is 5.57. The van der Waals surface area contributed by atoms with Gasteiger partial charge in [-0.3, -0.25) is 4.79 Å². The van der Waals surface area contributed by atoms with Crippen molar-refractivity contribution in [2.45, 2.75) is 26.4 Å². The second-order valence-electron chi connectivity index (χ2n) is 6.23. The van der Waals surface area contributed by atoms with E-state index in [1.54, 1.807) is 13.0 Å². The monoisotopic (exact) mass is 370 g/mol. The summed E-state index contributed by atoms with van der Waals surface area (Å²) in [6, 6.07) is 18.3. The van der Waals surface area contributed by atoms with Crippen molar-refractivity contribution in [1.29, 1.82) is 0 Å². The number of rotatable bonds is 6. The van der Waals surface area contributed by atoms with Crippen molar-refractivity contribution in [2.75, 3.05) is 6.61 Å². The van der Waals surface area contributed by atoms with Gasteiger partial charge in [0.1, 0.15) is 8.07 Å². The molecule has 0 saturated carbocycles. The van der Waals surface area contributed by atoms with Gasteiger partial charge < -0.3 is 4.74 Å². The molecule has 4 heteroatoms. The summed E-state index contributed by atoms with van der Waals surface area (Å²) >= 11 is 6.20. The molecule has 0 N–H and O–H groups in total. The van der Waals surface area contributed by atoms with Gasteiger partial charge in [0.2, 0.25) is 0 Å². The van der Waals surface area contributed by atoms with Crippen LogP contribution in [0, 0.1) is 0 Å². The topological polar surface area (TPSA) is 26.3 Å². The second kappa shape index (κ2) is 8.86. The van der Waals surface area contributed by atoms with Crippen LogP contribution in [0.25, 0.3) is 5.20 Å². The molecule has 0 aliphatic heterocycles. The zero-order valence-electron chi connectivity index (χ0n) is 14.9. The summed E-state index contributed by atoms with van der Waals surface area (Å²) < 4.78 is 4.99. The van der Waals surface area contributed by atoms with E-state index >= 15 is 0 Å². The quantitative estimate of drug-likeness (QED) is 0.407. The number of carbonyl (C=O) groups excluding carboxylic acids is 1. The number of halogens is 1. The lowest BCUT2D eigenvalue weighted by molar-refractivity contribution is -0.142. The van der Waals surface area contributed by atoms with Gasteiger partial charge in [0.05, 0.1) is 13.0 Å². The molecular formula is C21H23ClO2Si. The Kier molecular flexibility index (Phi) is 6.83. The van der Waals surface area contributed by atoms with Gasteiger partial charge in [0.15, 0.2) is 0 Å². The third-order valence-electron chi connectivity index (χ3n) is 4.05. The van der Waals surface area contributed by atoms with Crippen LogP contribution in [0.2, 0.25) is 18.1 Å². The van der Waals surface area contributed by atoms with Gasteiger partial charge in [-0.15, -0.1) is 5.73 Å². The summed E-state index contributed by atoms with van der Waals surface area (Å²) in [7, 11) is -2.00. The molecule has 0 aliphatic rings. The van der Waals surface area contributed by atoms with Crippen LogP contribution in [0.4, 0.5) is 0 Å². The molecule has 0 aliphatic carbocycles. The number of hydrogen-bond acceptors (Lipinski definition) is 2. The van der Waals surface area contributed by atoms with E-state index in [9.17, 15) is 4.79 Å². The highest BCUT2D eigenvalue weighted by Crippen LogP contribution is 2.27. The van der Waals surface area contributed by atoms with Gasteiger partial charge in [0.25, 0.3) is 0 Å². The number of carbonyl (C=O) groups is 1. The van der Waals surface area contributed by atoms with Crippen LogP contribution in [0.1, 0.15) is 18.9 Å². The van der Waals surface area contributed by atoms with Crippen molar-refractivity contribution in [3.05, 3.63) is 77.0 Å². The van der Waals surface area contributed by atoms with E-state index in [4.69, 9.17) is 16.3 Å². The average molecular weight is 371 g/mol. The molecule has 0 radical (unpaired) electrons.